The molecule has 0 saturated carbocycles. The highest BCUT2D eigenvalue weighted by atomic mass is 16.3. The first-order chi connectivity index (χ1) is 15.3. The van der Waals surface area contributed by atoms with Crippen LogP contribution in [0.3, 0.4) is 0 Å². The van der Waals surface area contributed by atoms with Gasteiger partial charge in [0.25, 0.3) is 0 Å². The lowest BCUT2D eigenvalue weighted by molar-refractivity contribution is -0.129. The van der Waals surface area contributed by atoms with E-state index in [1.165, 1.54) is 5.56 Å². The summed E-state index contributed by atoms with van der Waals surface area (Å²) < 4.78 is 0. The van der Waals surface area contributed by atoms with Gasteiger partial charge in [-0.1, -0.05) is 30.3 Å². The van der Waals surface area contributed by atoms with Crippen molar-refractivity contribution in [3.63, 3.8) is 0 Å². The van der Waals surface area contributed by atoms with Crippen molar-refractivity contribution >= 4 is 11.8 Å². The number of nitrogens with two attached hydrogens (primary N) is 1. The Balaban J connectivity index is 1.89. The number of rotatable bonds is 12. The Morgan fingerprint density at radius 3 is 2.34 bits per heavy atom. The molecule has 2 amide bonds. The Labute approximate surface area is 189 Å². The van der Waals surface area contributed by atoms with Crippen LogP contribution in [0.15, 0.2) is 42.5 Å². The summed E-state index contributed by atoms with van der Waals surface area (Å²) in [6.07, 6.45) is 2.08. The molecule has 0 bridgehead atoms. The van der Waals surface area contributed by atoms with Crippen molar-refractivity contribution in [2.75, 3.05) is 13.2 Å². The molecule has 0 spiro atoms. The van der Waals surface area contributed by atoms with Gasteiger partial charge in [-0.3, -0.25) is 9.59 Å². The lowest BCUT2D eigenvalue weighted by Gasteiger charge is -2.23. The monoisotopic (exact) mass is 441 g/mol. The predicted octanol–water partition coefficient (Wildman–Crippen LogP) is 1.18. The average Bonchev–Trinajstić information content (AvgIpc) is 2.76. The Hall–Kier alpha value is -2.94. The fraction of sp³-hybridized carbons (Fsp3) is 0.417. The molecule has 0 aromatic heterocycles. The normalized spacial score (nSPS) is 12.8. The molecule has 2 atom stereocenters. The van der Waals surface area contributed by atoms with Crippen molar-refractivity contribution in [1.29, 1.82) is 0 Å². The summed E-state index contributed by atoms with van der Waals surface area (Å²) in [5.41, 5.74) is 15.2. The summed E-state index contributed by atoms with van der Waals surface area (Å²) in [7, 11) is 0. The van der Waals surface area contributed by atoms with Crippen LogP contribution in [0.1, 0.15) is 35.6 Å². The molecule has 2 aromatic rings. The fourth-order valence-corrected chi connectivity index (χ4v) is 3.57. The van der Waals surface area contributed by atoms with Crippen LogP contribution in [0.4, 0.5) is 0 Å². The zero-order valence-corrected chi connectivity index (χ0v) is 19.1. The molecule has 0 heterocycles. The first-order valence-corrected chi connectivity index (χ1v) is 10.9. The third-order valence-corrected chi connectivity index (χ3v) is 5.32. The lowest BCUT2D eigenvalue weighted by Crippen LogP contribution is -2.56. The number of nitrogens with one attached hydrogen (secondary N) is 4. The van der Waals surface area contributed by atoms with Gasteiger partial charge < -0.3 is 21.5 Å². The summed E-state index contributed by atoms with van der Waals surface area (Å²) in [6, 6.07) is 12.1. The largest absolute Gasteiger partial charge is 0.508 e. The molecule has 8 nitrogen and oxygen atoms in total. The minimum Gasteiger partial charge on any atom is -0.508 e. The molecule has 8 heteroatoms. The number of hydrogen-bond acceptors (Lipinski definition) is 6. The van der Waals surface area contributed by atoms with Crippen LogP contribution >= 0.6 is 0 Å². The quantitative estimate of drug-likeness (QED) is 0.167. The summed E-state index contributed by atoms with van der Waals surface area (Å²) in [4.78, 5) is 25.3. The van der Waals surface area contributed by atoms with Gasteiger partial charge in [-0.25, -0.2) is 10.9 Å². The number of carbonyl (C=O) groups excluding carboxylic acids is 2. The van der Waals surface area contributed by atoms with E-state index in [9.17, 15) is 14.7 Å². The van der Waals surface area contributed by atoms with E-state index < -0.39 is 12.1 Å². The second-order valence-corrected chi connectivity index (χ2v) is 7.95. The highest BCUT2D eigenvalue weighted by Gasteiger charge is 2.24. The van der Waals surface area contributed by atoms with E-state index in [1.54, 1.807) is 19.1 Å². The van der Waals surface area contributed by atoms with Crippen LogP contribution in [0, 0.1) is 13.8 Å². The fourth-order valence-electron chi connectivity index (χ4n) is 3.57. The number of aryl methyl sites for hydroxylation is 3. The number of benzene rings is 2. The topological polar surface area (TPSA) is 129 Å². The third kappa shape index (κ3) is 7.96. The standard InChI is InChI=1S/C24H35N5O3/c1-16-12-20(30)13-17(2)21(16)14-22(29-27-15-25)24(32)28-18(3)23(31)26-11-7-10-19-8-5-4-6-9-19/h4-6,8-9,12-13,18,22,27,29-30H,7,10-11,14-15,25H2,1-3H3,(H,26,31)(H,28,32)/t18-,22+/m1/s1. The number of phenols is 1. The molecule has 0 aliphatic carbocycles. The van der Waals surface area contributed by atoms with E-state index in [1.807, 2.05) is 32.0 Å². The maximum absolute atomic E-state index is 12.9. The van der Waals surface area contributed by atoms with Crippen molar-refractivity contribution in [3.05, 3.63) is 64.7 Å². The second-order valence-electron chi connectivity index (χ2n) is 7.95. The molecule has 174 valence electrons. The Morgan fingerprint density at radius 1 is 1.06 bits per heavy atom. The van der Waals surface area contributed by atoms with Gasteiger partial charge in [0.2, 0.25) is 11.8 Å². The minimum absolute atomic E-state index is 0.148. The van der Waals surface area contributed by atoms with Crippen LogP contribution in [0.25, 0.3) is 0 Å². The number of hydrazine groups is 1. The van der Waals surface area contributed by atoms with Crippen LogP contribution < -0.4 is 27.2 Å². The van der Waals surface area contributed by atoms with Crippen molar-refractivity contribution in [3.8, 4) is 5.75 Å². The highest BCUT2D eigenvalue weighted by Crippen LogP contribution is 2.22. The molecule has 2 rings (SSSR count). The van der Waals surface area contributed by atoms with E-state index >= 15 is 0 Å². The van der Waals surface area contributed by atoms with E-state index in [0.29, 0.717) is 13.0 Å². The molecule has 0 radical (unpaired) electrons. The van der Waals surface area contributed by atoms with Gasteiger partial charge in [0.15, 0.2) is 0 Å². The first-order valence-electron chi connectivity index (χ1n) is 10.9. The molecule has 0 aliphatic rings. The molecule has 32 heavy (non-hydrogen) atoms. The van der Waals surface area contributed by atoms with Crippen molar-refractivity contribution in [1.82, 2.24) is 21.5 Å². The van der Waals surface area contributed by atoms with Gasteiger partial charge in [0.05, 0.1) is 6.67 Å². The molecular weight excluding hydrogens is 406 g/mol. The van der Waals surface area contributed by atoms with Crippen molar-refractivity contribution < 1.29 is 14.7 Å². The number of aromatic hydroxyl groups is 1. The summed E-state index contributed by atoms with van der Waals surface area (Å²) in [5.74, 6) is -0.353. The van der Waals surface area contributed by atoms with Crippen LogP contribution in [0.5, 0.6) is 5.75 Å². The van der Waals surface area contributed by atoms with E-state index in [0.717, 1.165) is 29.5 Å². The van der Waals surface area contributed by atoms with Crippen LogP contribution in [-0.4, -0.2) is 42.2 Å². The van der Waals surface area contributed by atoms with Crippen LogP contribution in [0.2, 0.25) is 0 Å². The Morgan fingerprint density at radius 2 is 1.72 bits per heavy atom. The van der Waals surface area contributed by atoms with Gasteiger partial charge >= 0.3 is 0 Å². The number of carbonyl (C=O) groups is 2. The van der Waals surface area contributed by atoms with Gasteiger partial charge in [0.1, 0.15) is 17.8 Å². The van der Waals surface area contributed by atoms with Crippen LogP contribution in [-0.2, 0) is 22.4 Å². The molecule has 0 aliphatic heterocycles. The van der Waals surface area contributed by atoms with Crippen molar-refractivity contribution in [2.45, 2.75) is 52.1 Å². The zero-order chi connectivity index (χ0) is 23.5. The highest BCUT2D eigenvalue weighted by molar-refractivity contribution is 5.89. The maximum atomic E-state index is 12.9. The smallest absolute Gasteiger partial charge is 0.242 e. The SMILES string of the molecule is Cc1cc(O)cc(C)c1C[C@H](NNCN)C(=O)N[C@H](C)C(=O)NCCCc1ccccc1. The zero-order valence-electron chi connectivity index (χ0n) is 19.1. The van der Waals surface area contributed by atoms with Gasteiger partial charge in [-0.15, -0.1) is 0 Å². The lowest BCUT2D eigenvalue weighted by atomic mass is 9.95. The maximum Gasteiger partial charge on any atom is 0.242 e. The van der Waals surface area contributed by atoms with Gasteiger partial charge in [-0.2, -0.15) is 0 Å². The number of hydrogen-bond donors (Lipinski definition) is 6. The van der Waals surface area contributed by atoms with Crippen molar-refractivity contribution in [2.24, 2.45) is 5.73 Å². The Kier molecular flexibility index (Phi) is 10.1. The predicted molar refractivity (Wildman–Crippen MR) is 126 cm³/mol. The first kappa shape index (κ1) is 25.3. The second kappa shape index (κ2) is 12.8. The van der Waals surface area contributed by atoms with Gasteiger partial charge in [0, 0.05) is 6.54 Å². The van der Waals surface area contributed by atoms with E-state index in [-0.39, 0.29) is 24.2 Å². The minimum atomic E-state index is -0.677. The average molecular weight is 442 g/mol. The molecule has 0 fully saturated rings. The summed E-state index contributed by atoms with van der Waals surface area (Å²) in [6.45, 7) is 6.12. The number of phenolic OH excluding ortho intramolecular Hbond substituents is 1. The van der Waals surface area contributed by atoms with E-state index in [2.05, 4.69) is 33.6 Å². The summed E-state index contributed by atoms with van der Waals surface area (Å²) in [5, 5.41) is 15.4. The molecular formula is C24H35N5O3. The summed E-state index contributed by atoms with van der Waals surface area (Å²) >= 11 is 0. The molecule has 7 N–H and O–H groups in total. The van der Waals surface area contributed by atoms with Gasteiger partial charge in [-0.05, 0) is 74.4 Å². The number of amides is 2. The molecule has 2 aromatic carbocycles. The van der Waals surface area contributed by atoms with E-state index in [4.69, 9.17) is 5.73 Å². The molecule has 0 unspecified atom stereocenters. The third-order valence-electron chi connectivity index (χ3n) is 5.32. The Bertz CT molecular complexity index is 865. The molecule has 0 saturated heterocycles.